The van der Waals surface area contributed by atoms with Gasteiger partial charge in [0.2, 0.25) is 0 Å². The van der Waals surface area contributed by atoms with E-state index in [9.17, 15) is 0 Å². The maximum absolute atomic E-state index is 2.36. The summed E-state index contributed by atoms with van der Waals surface area (Å²) in [4.78, 5) is 0. The van der Waals surface area contributed by atoms with Crippen molar-refractivity contribution in [3.63, 3.8) is 0 Å². The van der Waals surface area contributed by atoms with Gasteiger partial charge in [-0.3, -0.25) is 0 Å². The van der Waals surface area contributed by atoms with Crippen LogP contribution in [0.2, 0.25) is 0 Å². The highest BCUT2D eigenvalue weighted by atomic mass is 14.4. The molecule has 0 aromatic rings. The van der Waals surface area contributed by atoms with Crippen LogP contribution in [0.4, 0.5) is 0 Å². The third-order valence-electron chi connectivity index (χ3n) is 10.3. The zero-order valence-electron chi connectivity index (χ0n) is 27.5. The van der Waals surface area contributed by atoms with Gasteiger partial charge >= 0.3 is 0 Å². The molecule has 1 fully saturated rings. The van der Waals surface area contributed by atoms with E-state index in [1.54, 1.807) is 38.5 Å². The Morgan fingerprint density at radius 1 is 0.263 bits per heavy atom. The zero-order chi connectivity index (χ0) is 27.5. The minimum atomic E-state index is 1.06. The summed E-state index contributed by atoms with van der Waals surface area (Å²) in [6, 6.07) is 0. The van der Waals surface area contributed by atoms with Crippen molar-refractivity contribution >= 4 is 0 Å². The second-order valence-corrected chi connectivity index (χ2v) is 13.7. The number of hydrogen-bond donors (Lipinski definition) is 0. The van der Waals surface area contributed by atoms with Crippen LogP contribution in [0.25, 0.3) is 0 Å². The molecule has 1 saturated carbocycles. The van der Waals surface area contributed by atoms with E-state index in [-0.39, 0.29) is 0 Å². The van der Waals surface area contributed by atoms with E-state index >= 15 is 0 Å². The standard InChI is InChI=1S/C38H76/c1-5-9-13-17-19-23-27-31-37-33-35(29-25-21-15-11-7-3)36(30-26-22-16-12-8-4)34-38(37)32-28-24-20-18-14-10-6-2/h35-38H,5-34H2,1-4H3. The molecular formula is C38H76. The molecule has 0 heterocycles. The highest BCUT2D eigenvalue weighted by Crippen LogP contribution is 2.46. The lowest BCUT2D eigenvalue weighted by Crippen LogP contribution is -2.32. The third-order valence-corrected chi connectivity index (χ3v) is 10.3. The van der Waals surface area contributed by atoms with Crippen LogP contribution in [-0.2, 0) is 0 Å². The van der Waals surface area contributed by atoms with E-state index in [2.05, 4.69) is 27.7 Å². The van der Waals surface area contributed by atoms with E-state index < -0.39 is 0 Å². The van der Waals surface area contributed by atoms with E-state index in [1.807, 2.05) is 0 Å². The SMILES string of the molecule is CCCCCCCCCC1CC(CCCCCCC)C(CCCCCCC)CC1CCCCCCCCC. The van der Waals surface area contributed by atoms with Crippen molar-refractivity contribution in [1.29, 1.82) is 0 Å². The summed E-state index contributed by atoms with van der Waals surface area (Å²) in [6.45, 7) is 9.39. The molecule has 4 unspecified atom stereocenters. The van der Waals surface area contributed by atoms with E-state index in [1.165, 1.54) is 154 Å². The first-order valence-corrected chi connectivity index (χ1v) is 18.8. The van der Waals surface area contributed by atoms with Gasteiger partial charge in [0, 0.05) is 0 Å². The maximum atomic E-state index is 2.36. The second kappa shape index (κ2) is 27.2. The summed E-state index contributed by atoms with van der Waals surface area (Å²) in [7, 11) is 0. The lowest BCUT2D eigenvalue weighted by Gasteiger charge is -2.42. The van der Waals surface area contributed by atoms with Crippen molar-refractivity contribution in [2.75, 3.05) is 0 Å². The average Bonchev–Trinajstić information content (AvgIpc) is 2.93. The van der Waals surface area contributed by atoms with Crippen molar-refractivity contribution < 1.29 is 0 Å². The van der Waals surface area contributed by atoms with Crippen LogP contribution in [0, 0.1) is 23.7 Å². The van der Waals surface area contributed by atoms with E-state index in [0.717, 1.165) is 23.7 Å². The van der Waals surface area contributed by atoms with Gasteiger partial charge in [-0.15, -0.1) is 0 Å². The predicted molar refractivity (Wildman–Crippen MR) is 175 cm³/mol. The minimum absolute atomic E-state index is 1.06. The van der Waals surface area contributed by atoms with Gasteiger partial charge in [-0.1, -0.05) is 207 Å². The van der Waals surface area contributed by atoms with Crippen molar-refractivity contribution in [3.05, 3.63) is 0 Å². The average molecular weight is 533 g/mol. The third kappa shape index (κ3) is 19.1. The molecule has 38 heavy (non-hydrogen) atoms. The Labute approximate surface area is 243 Å². The first kappa shape index (κ1) is 36.0. The van der Waals surface area contributed by atoms with Gasteiger partial charge < -0.3 is 0 Å². The van der Waals surface area contributed by atoms with Crippen molar-refractivity contribution in [1.82, 2.24) is 0 Å². The summed E-state index contributed by atoms with van der Waals surface area (Å²) >= 11 is 0. The molecule has 1 rings (SSSR count). The number of unbranched alkanes of at least 4 members (excludes halogenated alkanes) is 20. The van der Waals surface area contributed by atoms with Crippen LogP contribution >= 0.6 is 0 Å². The van der Waals surface area contributed by atoms with Crippen LogP contribution in [0.15, 0.2) is 0 Å². The molecule has 4 atom stereocenters. The Morgan fingerprint density at radius 3 is 0.658 bits per heavy atom. The lowest BCUT2D eigenvalue weighted by atomic mass is 9.63. The van der Waals surface area contributed by atoms with Crippen LogP contribution in [0.3, 0.4) is 0 Å². The van der Waals surface area contributed by atoms with Gasteiger partial charge in [0.15, 0.2) is 0 Å². The summed E-state index contributed by atoms with van der Waals surface area (Å²) in [5, 5.41) is 0. The molecule has 228 valence electrons. The predicted octanol–water partition coefficient (Wildman–Crippen LogP) is 14.2. The monoisotopic (exact) mass is 533 g/mol. The summed E-state index contributed by atoms with van der Waals surface area (Å²) < 4.78 is 0. The highest BCUT2D eigenvalue weighted by Gasteiger charge is 2.35. The molecule has 0 bridgehead atoms. The van der Waals surface area contributed by atoms with Gasteiger partial charge in [-0.2, -0.15) is 0 Å². The maximum Gasteiger partial charge on any atom is -0.0383 e. The Bertz CT molecular complexity index is 411. The van der Waals surface area contributed by atoms with Crippen LogP contribution in [-0.4, -0.2) is 0 Å². The molecule has 0 N–H and O–H groups in total. The van der Waals surface area contributed by atoms with Gasteiger partial charge in [0.25, 0.3) is 0 Å². The number of rotatable bonds is 28. The topological polar surface area (TPSA) is 0 Å². The fraction of sp³-hybridized carbons (Fsp3) is 1.00. The highest BCUT2D eigenvalue weighted by molar-refractivity contribution is 4.86. The van der Waals surface area contributed by atoms with Gasteiger partial charge in [-0.05, 0) is 36.5 Å². The first-order chi connectivity index (χ1) is 18.8. The second-order valence-electron chi connectivity index (χ2n) is 13.7. The molecule has 0 aromatic heterocycles. The summed E-state index contributed by atoms with van der Waals surface area (Å²) in [5.74, 6) is 4.23. The molecule has 0 aromatic carbocycles. The van der Waals surface area contributed by atoms with Gasteiger partial charge in [-0.25, -0.2) is 0 Å². The lowest BCUT2D eigenvalue weighted by molar-refractivity contribution is 0.0814. The molecule has 0 spiro atoms. The van der Waals surface area contributed by atoms with Crippen molar-refractivity contribution in [3.8, 4) is 0 Å². The van der Waals surface area contributed by atoms with Crippen molar-refractivity contribution in [2.45, 2.75) is 220 Å². The Hall–Kier alpha value is 0. The normalized spacial score (nSPS) is 21.8. The van der Waals surface area contributed by atoms with E-state index in [0.29, 0.717) is 0 Å². The first-order valence-electron chi connectivity index (χ1n) is 18.8. The fourth-order valence-corrected chi connectivity index (χ4v) is 7.71. The van der Waals surface area contributed by atoms with Crippen LogP contribution in [0.5, 0.6) is 0 Å². The van der Waals surface area contributed by atoms with Gasteiger partial charge in [0.05, 0.1) is 0 Å². The number of hydrogen-bond acceptors (Lipinski definition) is 0. The molecule has 0 radical (unpaired) electrons. The Balaban J connectivity index is 2.63. The van der Waals surface area contributed by atoms with Crippen LogP contribution < -0.4 is 0 Å². The Morgan fingerprint density at radius 2 is 0.447 bits per heavy atom. The van der Waals surface area contributed by atoms with Crippen molar-refractivity contribution in [2.24, 2.45) is 23.7 Å². The largest absolute Gasteiger partial charge is 0.0654 e. The zero-order valence-corrected chi connectivity index (χ0v) is 27.5. The fourth-order valence-electron chi connectivity index (χ4n) is 7.71. The van der Waals surface area contributed by atoms with Gasteiger partial charge in [0.1, 0.15) is 0 Å². The summed E-state index contributed by atoms with van der Waals surface area (Å²) in [6.07, 6.45) is 44.7. The minimum Gasteiger partial charge on any atom is -0.0654 e. The van der Waals surface area contributed by atoms with Crippen LogP contribution in [0.1, 0.15) is 220 Å². The molecule has 1 aliphatic carbocycles. The molecule has 0 amide bonds. The molecule has 0 aliphatic heterocycles. The Kier molecular flexibility index (Phi) is 25.8. The smallest absolute Gasteiger partial charge is 0.0383 e. The van der Waals surface area contributed by atoms with E-state index in [4.69, 9.17) is 0 Å². The molecule has 0 nitrogen and oxygen atoms in total. The molecule has 0 heteroatoms. The quantitative estimate of drug-likeness (QED) is 0.0879. The molecule has 1 aliphatic rings. The molecular weight excluding hydrogens is 456 g/mol. The summed E-state index contributed by atoms with van der Waals surface area (Å²) in [5.41, 5.74) is 0. The molecule has 0 saturated heterocycles.